The van der Waals surface area contributed by atoms with Gasteiger partial charge in [-0.1, -0.05) is 42.5 Å². The van der Waals surface area contributed by atoms with Gasteiger partial charge in [-0.25, -0.2) is 12.8 Å². The minimum absolute atomic E-state index is 0.0761. The molecule has 0 N–H and O–H groups in total. The minimum atomic E-state index is -3.56. The van der Waals surface area contributed by atoms with Crippen molar-refractivity contribution < 1.29 is 17.5 Å². The summed E-state index contributed by atoms with van der Waals surface area (Å²) in [7, 11) is -3.56. The van der Waals surface area contributed by atoms with Crippen LogP contribution in [-0.2, 0) is 21.3 Å². The zero-order chi connectivity index (χ0) is 20.4. The fraction of sp³-hybridized carbons (Fsp3) is 0.478. The lowest BCUT2D eigenvalue weighted by atomic mass is 9.91. The third kappa shape index (κ3) is 4.25. The smallest absolute Gasteiger partial charge is 0.221 e. The summed E-state index contributed by atoms with van der Waals surface area (Å²) in [5.41, 5.74) is 2.22. The van der Waals surface area contributed by atoms with E-state index in [0.717, 1.165) is 30.4 Å². The number of halogens is 1. The van der Waals surface area contributed by atoms with Gasteiger partial charge >= 0.3 is 0 Å². The van der Waals surface area contributed by atoms with Gasteiger partial charge in [-0.05, 0) is 55.7 Å². The molecule has 29 heavy (non-hydrogen) atoms. The Kier molecular flexibility index (Phi) is 6.04. The molecule has 2 saturated heterocycles. The van der Waals surface area contributed by atoms with Gasteiger partial charge in [-0.15, -0.1) is 0 Å². The molecule has 0 aliphatic carbocycles. The first-order valence-electron chi connectivity index (χ1n) is 10.4. The largest absolute Gasteiger partial charge is 0.381 e. The molecule has 2 atom stereocenters. The van der Waals surface area contributed by atoms with Crippen molar-refractivity contribution in [3.63, 3.8) is 0 Å². The van der Waals surface area contributed by atoms with Gasteiger partial charge in [-0.2, -0.15) is 4.31 Å². The van der Waals surface area contributed by atoms with Crippen molar-refractivity contribution in [3.05, 3.63) is 71.0 Å². The monoisotopic (exact) mass is 417 g/mol. The number of rotatable bonds is 4. The van der Waals surface area contributed by atoms with Gasteiger partial charge in [0, 0.05) is 31.4 Å². The molecule has 6 heteroatoms. The summed E-state index contributed by atoms with van der Waals surface area (Å²) in [6, 6.07) is 14.5. The van der Waals surface area contributed by atoms with Crippen LogP contribution >= 0.6 is 0 Å². The summed E-state index contributed by atoms with van der Waals surface area (Å²) in [5, 5.41) is -0.565. The number of hydrogen-bond acceptors (Lipinski definition) is 3. The Labute approximate surface area is 172 Å². The molecule has 0 spiro atoms. The van der Waals surface area contributed by atoms with E-state index in [1.807, 2.05) is 43.3 Å². The molecule has 2 fully saturated rings. The molecule has 0 radical (unpaired) electrons. The molecule has 2 unspecified atom stereocenters. The molecule has 0 saturated carbocycles. The van der Waals surface area contributed by atoms with Crippen LogP contribution in [0, 0.1) is 5.82 Å². The van der Waals surface area contributed by atoms with E-state index >= 15 is 0 Å². The van der Waals surface area contributed by atoms with Crippen LogP contribution in [0.5, 0.6) is 0 Å². The Morgan fingerprint density at radius 1 is 1.00 bits per heavy atom. The molecular formula is C23H28FNO3S. The predicted molar refractivity (Wildman–Crippen MR) is 112 cm³/mol. The SMILES string of the molecule is CC1CCC(c2ccccc2)S(=O)(=O)N1Cc1ccc(C2CCOCC2)cc1F. The van der Waals surface area contributed by atoms with Crippen LogP contribution in [0.25, 0.3) is 0 Å². The Morgan fingerprint density at radius 3 is 2.41 bits per heavy atom. The Balaban J connectivity index is 1.57. The molecule has 2 aliphatic rings. The first kappa shape index (κ1) is 20.5. The topological polar surface area (TPSA) is 46.6 Å². The fourth-order valence-electron chi connectivity index (χ4n) is 4.50. The lowest BCUT2D eigenvalue weighted by Gasteiger charge is -2.37. The van der Waals surface area contributed by atoms with E-state index in [9.17, 15) is 12.8 Å². The molecule has 4 nitrogen and oxygen atoms in total. The van der Waals surface area contributed by atoms with Gasteiger partial charge < -0.3 is 4.74 Å². The van der Waals surface area contributed by atoms with Gasteiger partial charge in [0.2, 0.25) is 10.0 Å². The van der Waals surface area contributed by atoms with Gasteiger partial charge in [0.05, 0.1) is 0 Å². The maximum absolute atomic E-state index is 14.9. The van der Waals surface area contributed by atoms with Crippen molar-refractivity contribution in [2.45, 2.75) is 56.4 Å². The standard InChI is InChI=1S/C23H28FNO3S/c1-17-7-10-23(19-5-3-2-4-6-19)29(26,27)25(17)16-21-9-8-20(15-22(21)24)18-11-13-28-14-12-18/h2-6,8-9,15,17-18,23H,7,10-14,16H2,1H3. The predicted octanol–water partition coefficient (Wildman–Crippen LogP) is 4.78. The number of nitrogens with zero attached hydrogens (tertiary/aromatic N) is 1. The second kappa shape index (κ2) is 8.54. The summed E-state index contributed by atoms with van der Waals surface area (Å²) in [6.07, 6.45) is 3.15. The highest BCUT2D eigenvalue weighted by molar-refractivity contribution is 7.89. The van der Waals surface area contributed by atoms with Crippen molar-refractivity contribution in [1.29, 1.82) is 0 Å². The van der Waals surface area contributed by atoms with Gasteiger partial charge in [-0.3, -0.25) is 0 Å². The van der Waals surface area contributed by atoms with E-state index in [4.69, 9.17) is 4.74 Å². The Hall–Kier alpha value is -1.76. The zero-order valence-electron chi connectivity index (χ0n) is 16.8. The highest BCUT2D eigenvalue weighted by atomic mass is 32.2. The molecule has 4 rings (SSSR count). The summed E-state index contributed by atoms with van der Waals surface area (Å²) in [4.78, 5) is 0. The van der Waals surface area contributed by atoms with E-state index < -0.39 is 15.3 Å². The second-order valence-electron chi connectivity index (χ2n) is 8.15. The molecular weight excluding hydrogens is 389 g/mol. The van der Waals surface area contributed by atoms with E-state index in [-0.39, 0.29) is 18.4 Å². The molecule has 2 heterocycles. The molecule has 0 aromatic heterocycles. The first-order valence-corrected chi connectivity index (χ1v) is 11.9. The number of sulfonamides is 1. The maximum Gasteiger partial charge on any atom is 0.221 e. The Morgan fingerprint density at radius 2 is 1.72 bits per heavy atom. The van der Waals surface area contributed by atoms with Crippen LogP contribution in [0.15, 0.2) is 48.5 Å². The number of benzene rings is 2. The quantitative estimate of drug-likeness (QED) is 0.720. The van der Waals surface area contributed by atoms with Gasteiger partial charge in [0.1, 0.15) is 11.1 Å². The van der Waals surface area contributed by atoms with Crippen LogP contribution in [0.2, 0.25) is 0 Å². The van der Waals surface area contributed by atoms with E-state index in [2.05, 4.69) is 0 Å². The molecule has 156 valence electrons. The molecule has 2 aromatic carbocycles. The van der Waals surface area contributed by atoms with Crippen LogP contribution in [0.4, 0.5) is 4.39 Å². The molecule has 0 amide bonds. The van der Waals surface area contributed by atoms with Crippen LogP contribution in [0.3, 0.4) is 0 Å². The molecule has 2 aromatic rings. The summed E-state index contributed by atoms with van der Waals surface area (Å²) >= 11 is 0. The number of hydrogen-bond donors (Lipinski definition) is 0. The lowest BCUT2D eigenvalue weighted by Crippen LogP contribution is -2.44. The summed E-state index contributed by atoms with van der Waals surface area (Å²) in [5.74, 6) is -0.00868. The van der Waals surface area contributed by atoms with E-state index in [1.54, 1.807) is 12.1 Å². The van der Waals surface area contributed by atoms with Crippen LogP contribution < -0.4 is 0 Å². The molecule has 2 aliphatic heterocycles. The normalized spacial score (nSPS) is 25.7. The zero-order valence-corrected chi connectivity index (χ0v) is 17.6. The summed E-state index contributed by atoms with van der Waals surface area (Å²) < 4.78 is 48.5. The summed E-state index contributed by atoms with van der Waals surface area (Å²) in [6.45, 7) is 3.40. The van der Waals surface area contributed by atoms with Crippen molar-refractivity contribution in [3.8, 4) is 0 Å². The maximum atomic E-state index is 14.9. The van der Waals surface area contributed by atoms with Crippen molar-refractivity contribution in [2.75, 3.05) is 13.2 Å². The van der Waals surface area contributed by atoms with Gasteiger partial charge in [0.25, 0.3) is 0 Å². The van der Waals surface area contributed by atoms with E-state index in [0.29, 0.717) is 31.1 Å². The average molecular weight is 418 g/mol. The van der Waals surface area contributed by atoms with Crippen molar-refractivity contribution in [1.82, 2.24) is 4.31 Å². The minimum Gasteiger partial charge on any atom is -0.381 e. The number of ether oxygens (including phenoxy) is 1. The lowest BCUT2D eigenvalue weighted by molar-refractivity contribution is 0.0852. The Bertz CT molecular complexity index is 942. The third-order valence-electron chi connectivity index (χ3n) is 6.29. The van der Waals surface area contributed by atoms with Crippen molar-refractivity contribution in [2.24, 2.45) is 0 Å². The van der Waals surface area contributed by atoms with Crippen LogP contribution in [0.1, 0.15) is 60.5 Å². The van der Waals surface area contributed by atoms with Gasteiger partial charge in [0.15, 0.2) is 0 Å². The third-order valence-corrected chi connectivity index (χ3v) is 8.66. The molecule has 0 bridgehead atoms. The first-order chi connectivity index (χ1) is 14.0. The van der Waals surface area contributed by atoms with Crippen LogP contribution in [-0.4, -0.2) is 32.0 Å². The average Bonchev–Trinajstić information content (AvgIpc) is 2.73. The second-order valence-corrected chi connectivity index (χ2v) is 10.2. The highest BCUT2D eigenvalue weighted by Gasteiger charge is 2.40. The van der Waals surface area contributed by atoms with Crippen molar-refractivity contribution >= 4 is 10.0 Å². The fourth-order valence-corrected chi connectivity index (χ4v) is 6.68. The van der Waals surface area contributed by atoms with E-state index in [1.165, 1.54) is 4.31 Å². The highest BCUT2D eigenvalue weighted by Crippen LogP contribution is 2.38.